The minimum atomic E-state index is -3.40. The van der Waals surface area contributed by atoms with Gasteiger partial charge in [0.1, 0.15) is 24.7 Å². The first-order chi connectivity index (χ1) is 35.0. The highest BCUT2D eigenvalue weighted by Crippen LogP contribution is 2.30. The lowest BCUT2D eigenvalue weighted by atomic mass is 10.1. The van der Waals surface area contributed by atoms with E-state index in [-0.39, 0.29) is 0 Å². The number of aromatic amines is 2. The molecule has 7 N–H and O–H groups in total. The molecular weight excluding hydrogens is 921 g/mol. The first-order valence-corrected chi connectivity index (χ1v) is 26.0. The normalized spacial score (nSPS) is 12.6. The number of nitrogens with zero attached hydrogens (tertiary/aromatic N) is 2. The number of hydrogen-bond acceptors (Lipinski definition) is 9. The van der Waals surface area contributed by atoms with Gasteiger partial charge in [-0.2, -0.15) is 0 Å². The number of hydrogen-bond donors (Lipinski definition) is 6. The Kier molecular flexibility index (Phi) is 15.8. The van der Waals surface area contributed by atoms with Crippen LogP contribution in [0.5, 0.6) is 11.5 Å². The number of aliphatic hydroxyl groups excluding tert-OH is 2. The Morgan fingerprint density at radius 2 is 0.958 bits per heavy atom. The van der Waals surface area contributed by atoms with Crippen molar-refractivity contribution in [2.24, 2.45) is 0 Å². The number of aliphatic hydroxyl groups is 2. The topological polar surface area (TPSA) is 169 Å². The largest absolute Gasteiger partial charge is 0.492 e. The minimum Gasteiger partial charge on any atom is -0.492 e. The Hall–Kier alpha value is -7.65. The summed E-state index contributed by atoms with van der Waals surface area (Å²) in [6, 6.07) is 63.5. The maximum atomic E-state index is 11.6. The zero-order chi connectivity index (χ0) is 49.9. The van der Waals surface area contributed by atoms with E-state index in [1.807, 2.05) is 97.1 Å². The van der Waals surface area contributed by atoms with Crippen LogP contribution in [0.4, 0.5) is 11.4 Å². The van der Waals surface area contributed by atoms with Gasteiger partial charge in [0.05, 0.1) is 29.5 Å². The van der Waals surface area contributed by atoms with E-state index in [2.05, 4.69) is 97.3 Å². The number of sulfonamides is 1. The van der Waals surface area contributed by atoms with Gasteiger partial charge in [0.15, 0.2) is 0 Å². The molecule has 0 radical (unpaired) electrons. The third-order valence-electron chi connectivity index (χ3n) is 12.5. The highest BCUT2D eigenvalue weighted by Gasteiger charge is 2.18. The van der Waals surface area contributed by atoms with Crippen LogP contribution in [-0.4, -0.2) is 84.0 Å². The molecule has 10 aromatic rings. The standard InChI is InChI=1S/C30H31N3O4S.C29H29N3O2/c1-38(35,36)32-24-11-7-10-23(18-24)30(34)21-33(20-22-8-3-2-4-9-22)16-17-37-25-14-15-27-26-12-5-6-13-28(26)31-29(27)19-25;30-23-10-6-9-22(17-23)29(33)20-32(19-21-7-2-1-3-8-21)15-16-34-24-13-14-26-25-11-4-5-12-27(25)31-28(26)18-24/h2-15,18-19,30-32,34H,16-17,20-21H2,1H3;1-14,17-18,29,31,33H,15-16,19-20,30H2. The molecule has 2 aromatic heterocycles. The molecule has 10 rings (SSSR count). The van der Waals surface area contributed by atoms with Crippen LogP contribution in [-0.2, 0) is 23.1 Å². The zero-order valence-corrected chi connectivity index (χ0v) is 41.0. The maximum Gasteiger partial charge on any atom is 0.229 e. The summed E-state index contributed by atoms with van der Waals surface area (Å²) >= 11 is 0. The first kappa shape index (κ1) is 49.3. The molecule has 72 heavy (non-hydrogen) atoms. The molecule has 368 valence electrons. The molecule has 0 amide bonds. The molecule has 0 bridgehead atoms. The third-order valence-corrected chi connectivity index (χ3v) is 13.1. The molecule has 12 nitrogen and oxygen atoms in total. The number of benzene rings is 8. The van der Waals surface area contributed by atoms with Crippen molar-refractivity contribution in [2.45, 2.75) is 25.3 Å². The van der Waals surface area contributed by atoms with Crippen LogP contribution in [0, 0.1) is 0 Å². The second-order valence-corrected chi connectivity index (χ2v) is 19.8. The smallest absolute Gasteiger partial charge is 0.229 e. The van der Waals surface area contributed by atoms with Gasteiger partial charge in [-0.05, 0) is 82.9 Å². The lowest BCUT2D eigenvalue weighted by Gasteiger charge is -2.25. The van der Waals surface area contributed by atoms with E-state index in [4.69, 9.17) is 15.2 Å². The van der Waals surface area contributed by atoms with Crippen molar-refractivity contribution >= 4 is 65.0 Å². The molecule has 0 spiro atoms. The Labute approximate surface area is 420 Å². The second-order valence-electron chi connectivity index (χ2n) is 18.1. The lowest BCUT2D eigenvalue weighted by Crippen LogP contribution is -2.32. The number of nitrogens with two attached hydrogens (primary N) is 1. The minimum absolute atomic E-state index is 0.363. The fraction of sp³-hybridized carbons (Fsp3) is 0.186. The average Bonchev–Trinajstić information content (AvgIpc) is 3.94. The monoisotopic (exact) mass is 980 g/mol. The van der Waals surface area contributed by atoms with Crippen molar-refractivity contribution in [3.05, 3.63) is 216 Å². The van der Waals surface area contributed by atoms with E-state index in [0.717, 1.165) is 62.9 Å². The molecule has 0 aliphatic carbocycles. The van der Waals surface area contributed by atoms with Crippen LogP contribution < -0.4 is 19.9 Å². The van der Waals surface area contributed by atoms with E-state index in [9.17, 15) is 18.6 Å². The van der Waals surface area contributed by atoms with Crippen molar-refractivity contribution in [2.75, 3.05) is 56.1 Å². The van der Waals surface area contributed by atoms with Crippen LogP contribution in [0.1, 0.15) is 34.5 Å². The van der Waals surface area contributed by atoms with E-state index in [0.29, 0.717) is 62.9 Å². The van der Waals surface area contributed by atoms with Gasteiger partial charge in [-0.3, -0.25) is 14.5 Å². The number of nitrogens with one attached hydrogen (secondary N) is 3. The maximum absolute atomic E-state index is 11.6. The summed E-state index contributed by atoms with van der Waals surface area (Å²) in [6.07, 6.45) is -0.328. The van der Waals surface area contributed by atoms with Crippen LogP contribution in [0.3, 0.4) is 0 Å². The molecule has 0 aliphatic rings. The number of H-pyrrole nitrogens is 2. The Balaban J connectivity index is 0.000000179. The fourth-order valence-corrected chi connectivity index (χ4v) is 9.63. The number of rotatable bonds is 20. The van der Waals surface area contributed by atoms with E-state index in [1.165, 1.54) is 21.7 Å². The van der Waals surface area contributed by atoms with Crippen molar-refractivity contribution in [3.8, 4) is 11.5 Å². The van der Waals surface area contributed by atoms with Gasteiger partial charge in [-0.25, -0.2) is 8.42 Å². The highest BCUT2D eigenvalue weighted by atomic mass is 32.2. The van der Waals surface area contributed by atoms with Crippen molar-refractivity contribution in [1.82, 2.24) is 19.8 Å². The summed E-state index contributed by atoms with van der Waals surface area (Å²) in [7, 11) is -3.40. The number of aromatic nitrogens is 2. The Morgan fingerprint density at radius 3 is 1.44 bits per heavy atom. The van der Waals surface area contributed by atoms with Crippen molar-refractivity contribution < 1.29 is 28.1 Å². The summed E-state index contributed by atoms with van der Waals surface area (Å²) in [5.74, 6) is 1.61. The Morgan fingerprint density at radius 1 is 0.514 bits per heavy atom. The van der Waals surface area contributed by atoms with Gasteiger partial charge >= 0.3 is 0 Å². The van der Waals surface area contributed by atoms with Crippen molar-refractivity contribution in [1.29, 1.82) is 0 Å². The van der Waals surface area contributed by atoms with E-state index >= 15 is 0 Å². The molecule has 8 aromatic carbocycles. The van der Waals surface area contributed by atoms with Crippen LogP contribution in [0.25, 0.3) is 43.6 Å². The molecule has 2 atom stereocenters. The molecule has 0 saturated heterocycles. The number of fused-ring (bicyclic) bond motifs is 6. The van der Waals surface area contributed by atoms with Gasteiger partial charge in [-0.15, -0.1) is 0 Å². The van der Waals surface area contributed by atoms with Gasteiger partial charge in [-0.1, -0.05) is 121 Å². The summed E-state index contributed by atoms with van der Waals surface area (Å²) in [6.45, 7) is 4.46. The molecule has 0 aliphatic heterocycles. The van der Waals surface area contributed by atoms with Gasteiger partial charge < -0.3 is 35.4 Å². The zero-order valence-electron chi connectivity index (χ0n) is 40.2. The average molecular weight is 981 g/mol. The quantitative estimate of drug-likeness (QED) is 0.0407. The van der Waals surface area contributed by atoms with Crippen molar-refractivity contribution in [3.63, 3.8) is 0 Å². The molecule has 2 heterocycles. The molecule has 2 unspecified atom stereocenters. The first-order valence-electron chi connectivity index (χ1n) is 24.1. The lowest BCUT2D eigenvalue weighted by molar-refractivity contribution is 0.0984. The number of nitrogen functional groups attached to an aromatic ring is 1. The predicted molar refractivity (Wildman–Crippen MR) is 292 cm³/mol. The van der Waals surface area contributed by atoms with Crippen LogP contribution >= 0.6 is 0 Å². The number of para-hydroxylation sites is 2. The van der Waals surface area contributed by atoms with Crippen LogP contribution in [0.15, 0.2) is 194 Å². The molecular formula is C59H60N6O6S. The molecule has 0 fully saturated rings. The summed E-state index contributed by atoms with van der Waals surface area (Å²) < 4.78 is 37.9. The van der Waals surface area contributed by atoms with E-state index < -0.39 is 22.2 Å². The summed E-state index contributed by atoms with van der Waals surface area (Å²) in [4.78, 5) is 11.3. The Bertz CT molecular complexity index is 3480. The van der Waals surface area contributed by atoms with E-state index in [1.54, 1.807) is 24.3 Å². The van der Waals surface area contributed by atoms with Gasteiger partial charge in [0, 0.05) is 95.4 Å². The number of anilines is 2. The molecule has 0 saturated carbocycles. The third kappa shape index (κ3) is 13.2. The number of ether oxygens (including phenoxy) is 2. The fourth-order valence-electron chi connectivity index (χ4n) is 9.07. The van der Waals surface area contributed by atoms with Gasteiger partial charge in [0.25, 0.3) is 0 Å². The molecule has 13 heteroatoms. The SMILES string of the molecule is CS(=O)(=O)Nc1cccc(C(O)CN(CCOc2ccc3c(c2)[nH]c2ccccc23)Cc2ccccc2)c1.Nc1cccc(C(O)CN(CCOc2ccc3c(c2)[nH]c2ccccc23)Cc2ccccc2)c1. The predicted octanol–water partition coefficient (Wildman–Crippen LogP) is 10.8. The van der Waals surface area contributed by atoms with Gasteiger partial charge in [0.2, 0.25) is 10.0 Å². The second kappa shape index (κ2) is 23.1. The summed E-state index contributed by atoms with van der Waals surface area (Å²) in [5.41, 5.74) is 15.1. The highest BCUT2D eigenvalue weighted by molar-refractivity contribution is 7.92. The van der Waals surface area contributed by atoms with Crippen LogP contribution in [0.2, 0.25) is 0 Å². The summed E-state index contributed by atoms with van der Waals surface area (Å²) in [5, 5.41) is 26.6.